The van der Waals surface area contributed by atoms with Crippen molar-refractivity contribution in [2.24, 2.45) is 0 Å². The van der Waals surface area contributed by atoms with E-state index in [9.17, 15) is 27.2 Å². The molecular weight excluding hydrogens is 308 g/mol. The number of hydrogen-bond acceptors (Lipinski definition) is 4. The fraction of sp³-hybridized carbons (Fsp3) is 0.429. The molecule has 0 N–H and O–H groups in total. The molecular formula is C14H14F4O4. The predicted molar refractivity (Wildman–Crippen MR) is 67.5 cm³/mol. The minimum atomic E-state index is -4.62. The van der Waals surface area contributed by atoms with Crippen molar-refractivity contribution in [3.05, 3.63) is 30.1 Å². The maximum Gasteiger partial charge on any atom is 0.425 e. The molecule has 1 unspecified atom stereocenters. The summed E-state index contributed by atoms with van der Waals surface area (Å²) in [5.41, 5.74) is 0. The number of hydrogen-bond donors (Lipinski definition) is 0. The van der Waals surface area contributed by atoms with Gasteiger partial charge in [-0.15, -0.1) is 0 Å². The minimum absolute atomic E-state index is 0.0123. The summed E-state index contributed by atoms with van der Waals surface area (Å²) >= 11 is 0. The van der Waals surface area contributed by atoms with Crippen LogP contribution in [0.25, 0.3) is 0 Å². The molecule has 0 aliphatic heterocycles. The largest absolute Gasteiger partial charge is 0.453 e. The first-order chi connectivity index (χ1) is 10.2. The van der Waals surface area contributed by atoms with Crippen molar-refractivity contribution in [1.29, 1.82) is 0 Å². The highest BCUT2D eigenvalue weighted by Gasteiger charge is 2.38. The summed E-state index contributed by atoms with van der Waals surface area (Å²) in [6.07, 6.45) is -7.40. The van der Waals surface area contributed by atoms with Crippen molar-refractivity contribution in [1.82, 2.24) is 0 Å². The standard InChI is InChI=1S/C14H14F4O4/c1-9(14(16,17)18)21-12(19)6-3-7-13(20)22-11-5-2-4-10(15)8-11/h2,4-5,8-9H,3,6-7H2,1H3. The van der Waals surface area contributed by atoms with Crippen molar-refractivity contribution >= 4 is 11.9 Å². The number of esters is 2. The van der Waals surface area contributed by atoms with Gasteiger partial charge in [0.1, 0.15) is 11.6 Å². The summed E-state index contributed by atoms with van der Waals surface area (Å²) in [7, 11) is 0. The Balaban J connectivity index is 2.29. The number of halogens is 4. The van der Waals surface area contributed by atoms with Gasteiger partial charge in [-0.2, -0.15) is 13.2 Å². The van der Waals surface area contributed by atoms with Crippen LogP contribution >= 0.6 is 0 Å². The van der Waals surface area contributed by atoms with E-state index in [1.165, 1.54) is 18.2 Å². The van der Waals surface area contributed by atoms with Crippen LogP contribution in [0.1, 0.15) is 26.2 Å². The van der Waals surface area contributed by atoms with Gasteiger partial charge in [0.15, 0.2) is 6.10 Å². The van der Waals surface area contributed by atoms with Crippen LogP contribution in [0.2, 0.25) is 0 Å². The van der Waals surface area contributed by atoms with Crippen LogP contribution in [-0.4, -0.2) is 24.2 Å². The third-order valence-corrected chi connectivity index (χ3v) is 2.56. The molecule has 0 aliphatic carbocycles. The number of alkyl halides is 3. The lowest BCUT2D eigenvalue weighted by molar-refractivity contribution is -0.216. The van der Waals surface area contributed by atoms with Crippen molar-refractivity contribution in [3.63, 3.8) is 0 Å². The Hall–Kier alpha value is -2.12. The fourth-order valence-electron chi connectivity index (χ4n) is 1.41. The molecule has 0 saturated carbocycles. The lowest BCUT2D eigenvalue weighted by atomic mass is 10.2. The number of benzene rings is 1. The molecule has 0 saturated heterocycles. The lowest BCUT2D eigenvalue weighted by Crippen LogP contribution is -2.30. The van der Waals surface area contributed by atoms with Crippen LogP contribution in [0.4, 0.5) is 17.6 Å². The fourth-order valence-corrected chi connectivity index (χ4v) is 1.41. The Labute approximate surface area is 124 Å². The summed E-state index contributed by atoms with van der Waals surface area (Å²) in [4.78, 5) is 22.6. The van der Waals surface area contributed by atoms with Gasteiger partial charge in [0.2, 0.25) is 0 Å². The summed E-state index contributed by atoms with van der Waals surface area (Å²) in [5.74, 6) is -2.33. The molecule has 0 radical (unpaired) electrons. The average Bonchev–Trinajstić information content (AvgIpc) is 2.37. The lowest BCUT2D eigenvalue weighted by Gasteiger charge is -2.16. The van der Waals surface area contributed by atoms with Crippen LogP contribution in [0, 0.1) is 5.82 Å². The van der Waals surface area contributed by atoms with E-state index in [1.807, 2.05) is 0 Å². The van der Waals surface area contributed by atoms with E-state index in [4.69, 9.17) is 4.74 Å². The first-order valence-electron chi connectivity index (χ1n) is 6.41. The second-order valence-corrected chi connectivity index (χ2v) is 4.46. The van der Waals surface area contributed by atoms with Crippen LogP contribution in [0.5, 0.6) is 5.75 Å². The molecule has 1 aromatic carbocycles. The smallest absolute Gasteiger partial charge is 0.425 e. The molecule has 1 aromatic rings. The van der Waals surface area contributed by atoms with Crippen molar-refractivity contribution in [2.45, 2.75) is 38.5 Å². The topological polar surface area (TPSA) is 52.6 Å². The van der Waals surface area contributed by atoms with Crippen LogP contribution < -0.4 is 4.74 Å². The van der Waals surface area contributed by atoms with Gasteiger partial charge in [0.25, 0.3) is 0 Å². The van der Waals surface area contributed by atoms with Crippen molar-refractivity contribution in [3.8, 4) is 5.75 Å². The van der Waals surface area contributed by atoms with Gasteiger partial charge in [0, 0.05) is 18.9 Å². The van der Waals surface area contributed by atoms with E-state index in [0.29, 0.717) is 0 Å². The van der Waals surface area contributed by atoms with E-state index in [2.05, 4.69) is 4.74 Å². The van der Waals surface area contributed by atoms with Crippen molar-refractivity contribution < 1.29 is 36.6 Å². The molecule has 22 heavy (non-hydrogen) atoms. The Morgan fingerprint density at radius 2 is 1.82 bits per heavy atom. The molecule has 0 aliphatic rings. The molecule has 0 heterocycles. The van der Waals surface area contributed by atoms with E-state index in [-0.39, 0.29) is 25.0 Å². The van der Waals surface area contributed by atoms with Gasteiger partial charge in [0.05, 0.1) is 0 Å². The quantitative estimate of drug-likeness (QED) is 0.458. The van der Waals surface area contributed by atoms with Gasteiger partial charge in [-0.25, -0.2) is 4.39 Å². The second-order valence-electron chi connectivity index (χ2n) is 4.46. The van der Waals surface area contributed by atoms with Gasteiger partial charge in [-0.1, -0.05) is 6.07 Å². The van der Waals surface area contributed by atoms with E-state index in [0.717, 1.165) is 13.0 Å². The predicted octanol–water partition coefficient (Wildman–Crippen LogP) is 3.40. The summed E-state index contributed by atoms with van der Waals surface area (Å²) in [6.45, 7) is 0.718. The Kier molecular flexibility index (Phi) is 6.33. The number of carbonyl (C=O) groups is 2. The zero-order chi connectivity index (χ0) is 16.8. The van der Waals surface area contributed by atoms with Crippen LogP contribution in [0.15, 0.2) is 24.3 Å². The van der Waals surface area contributed by atoms with E-state index < -0.39 is 30.0 Å². The molecule has 0 bridgehead atoms. The highest BCUT2D eigenvalue weighted by atomic mass is 19.4. The molecule has 122 valence electrons. The summed E-state index contributed by atoms with van der Waals surface area (Å²) < 4.78 is 58.3. The number of ether oxygens (including phenoxy) is 2. The van der Waals surface area contributed by atoms with Crippen LogP contribution in [-0.2, 0) is 14.3 Å². The molecule has 0 spiro atoms. The Morgan fingerprint density at radius 3 is 2.41 bits per heavy atom. The molecule has 1 atom stereocenters. The van der Waals surface area contributed by atoms with Gasteiger partial charge in [-0.3, -0.25) is 9.59 Å². The van der Waals surface area contributed by atoms with E-state index in [1.54, 1.807) is 0 Å². The van der Waals surface area contributed by atoms with Gasteiger partial charge >= 0.3 is 18.1 Å². The summed E-state index contributed by atoms with van der Waals surface area (Å²) in [5, 5.41) is 0. The highest BCUT2D eigenvalue weighted by molar-refractivity contribution is 5.74. The zero-order valence-electron chi connectivity index (χ0n) is 11.7. The maximum absolute atomic E-state index is 12.8. The molecule has 1 rings (SSSR count). The summed E-state index contributed by atoms with van der Waals surface area (Å²) in [6, 6.07) is 4.92. The first kappa shape index (κ1) is 17.9. The highest BCUT2D eigenvalue weighted by Crippen LogP contribution is 2.22. The second kappa shape index (κ2) is 7.77. The minimum Gasteiger partial charge on any atom is -0.453 e. The maximum atomic E-state index is 12.8. The molecule has 0 amide bonds. The number of carbonyl (C=O) groups excluding carboxylic acids is 2. The SMILES string of the molecule is CC(OC(=O)CCCC(=O)Oc1cccc(F)c1)C(F)(F)F. The normalized spacial score (nSPS) is 12.6. The first-order valence-corrected chi connectivity index (χ1v) is 6.41. The van der Waals surface area contributed by atoms with E-state index >= 15 is 0 Å². The monoisotopic (exact) mass is 322 g/mol. The average molecular weight is 322 g/mol. The Bertz CT molecular complexity index is 528. The molecule has 0 fully saturated rings. The van der Waals surface area contributed by atoms with Crippen LogP contribution in [0.3, 0.4) is 0 Å². The van der Waals surface area contributed by atoms with Crippen molar-refractivity contribution in [2.75, 3.05) is 0 Å². The molecule has 0 aromatic heterocycles. The number of rotatable bonds is 6. The van der Waals surface area contributed by atoms with Gasteiger partial charge < -0.3 is 9.47 Å². The molecule has 8 heteroatoms. The zero-order valence-corrected chi connectivity index (χ0v) is 11.7. The third kappa shape index (κ3) is 6.55. The molecule has 4 nitrogen and oxygen atoms in total. The van der Waals surface area contributed by atoms with Gasteiger partial charge in [-0.05, 0) is 25.5 Å². The Morgan fingerprint density at radius 1 is 1.18 bits per heavy atom. The third-order valence-electron chi connectivity index (χ3n) is 2.56.